The molecule has 0 heterocycles. The van der Waals surface area contributed by atoms with E-state index in [0.717, 1.165) is 6.07 Å². The highest BCUT2D eigenvalue weighted by Crippen LogP contribution is 2.31. The summed E-state index contributed by atoms with van der Waals surface area (Å²) in [5.41, 5.74) is 3.74. The van der Waals surface area contributed by atoms with Crippen LogP contribution in [0.2, 0.25) is 0 Å². The number of aliphatic hydroxyl groups is 1. The molecule has 0 aromatic heterocycles. The van der Waals surface area contributed by atoms with E-state index in [1.165, 1.54) is 0 Å². The first-order valence-electron chi connectivity index (χ1n) is 4.11. The lowest BCUT2D eigenvalue weighted by molar-refractivity contribution is -0.137. The molecule has 1 rings (SSSR count). The maximum absolute atomic E-state index is 13.1. The van der Waals surface area contributed by atoms with E-state index in [2.05, 4.69) is 0 Å². The zero-order valence-corrected chi connectivity index (χ0v) is 7.55. The second kappa shape index (κ2) is 4.16. The molecule has 0 aliphatic carbocycles. The van der Waals surface area contributed by atoms with E-state index < -0.39 is 23.7 Å². The molecule has 1 aromatic rings. The highest BCUT2D eigenvalue weighted by atomic mass is 19.4. The fourth-order valence-electron chi connectivity index (χ4n) is 1.10. The van der Waals surface area contributed by atoms with Gasteiger partial charge < -0.3 is 10.8 Å². The fraction of sp³-hybridized carbons (Fsp3) is 0.333. The Bertz CT molecular complexity index is 350. The molecule has 0 saturated carbocycles. The summed E-state index contributed by atoms with van der Waals surface area (Å²) >= 11 is 0. The van der Waals surface area contributed by atoms with Crippen LogP contribution in [0, 0.1) is 5.82 Å². The van der Waals surface area contributed by atoms with E-state index >= 15 is 0 Å². The van der Waals surface area contributed by atoms with Crippen LogP contribution in [-0.2, 0) is 6.18 Å². The second-order valence-electron chi connectivity index (χ2n) is 2.99. The molecule has 6 heteroatoms. The van der Waals surface area contributed by atoms with Crippen molar-refractivity contribution in [2.45, 2.75) is 12.3 Å². The first kappa shape index (κ1) is 11.9. The smallest absolute Gasteiger partial charge is 0.387 e. The van der Waals surface area contributed by atoms with E-state index in [-0.39, 0.29) is 12.1 Å². The van der Waals surface area contributed by atoms with Gasteiger partial charge in [0.15, 0.2) is 0 Å². The third-order valence-corrected chi connectivity index (χ3v) is 1.91. The molecule has 0 aliphatic rings. The van der Waals surface area contributed by atoms with Crippen molar-refractivity contribution in [3.63, 3.8) is 0 Å². The normalized spacial score (nSPS) is 14.0. The Hall–Kier alpha value is -1.14. The standard InChI is InChI=1S/C9H9F4NO/c10-7-3-5(9(11,12)13)1-2-6(7)8(15)4-14/h1-3,8,15H,4,14H2. The van der Waals surface area contributed by atoms with Crippen LogP contribution in [0.25, 0.3) is 0 Å². The van der Waals surface area contributed by atoms with Gasteiger partial charge in [-0.25, -0.2) is 4.39 Å². The molecule has 0 amide bonds. The minimum Gasteiger partial charge on any atom is -0.387 e. The molecule has 3 N–H and O–H groups in total. The van der Waals surface area contributed by atoms with Crippen LogP contribution >= 0.6 is 0 Å². The number of nitrogens with two attached hydrogens (primary N) is 1. The zero-order valence-electron chi connectivity index (χ0n) is 7.55. The summed E-state index contributed by atoms with van der Waals surface area (Å²) in [5, 5.41) is 9.16. The predicted octanol–water partition coefficient (Wildman–Crippen LogP) is 1.84. The lowest BCUT2D eigenvalue weighted by atomic mass is 10.1. The molecular weight excluding hydrogens is 214 g/mol. The van der Waals surface area contributed by atoms with E-state index in [0.29, 0.717) is 12.1 Å². The quantitative estimate of drug-likeness (QED) is 0.751. The number of benzene rings is 1. The summed E-state index contributed by atoms with van der Waals surface area (Å²) < 4.78 is 49.5. The third kappa shape index (κ3) is 2.66. The highest BCUT2D eigenvalue weighted by molar-refractivity contribution is 5.27. The first-order valence-corrected chi connectivity index (χ1v) is 4.11. The third-order valence-electron chi connectivity index (χ3n) is 1.91. The Balaban J connectivity index is 3.09. The minimum absolute atomic E-state index is 0.231. The largest absolute Gasteiger partial charge is 0.416 e. The Labute approximate surface area is 83.3 Å². The molecule has 0 saturated heterocycles. The Morgan fingerprint density at radius 2 is 1.93 bits per heavy atom. The van der Waals surface area contributed by atoms with Gasteiger partial charge in [0.2, 0.25) is 0 Å². The van der Waals surface area contributed by atoms with Crippen molar-refractivity contribution in [3.8, 4) is 0 Å². The molecule has 15 heavy (non-hydrogen) atoms. The second-order valence-corrected chi connectivity index (χ2v) is 2.99. The minimum atomic E-state index is -4.59. The molecule has 0 bridgehead atoms. The SMILES string of the molecule is NCC(O)c1ccc(C(F)(F)F)cc1F. The maximum Gasteiger partial charge on any atom is 0.416 e. The van der Waals surface area contributed by atoms with Crippen LogP contribution in [0.3, 0.4) is 0 Å². The molecule has 0 aliphatic heterocycles. The van der Waals surface area contributed by atoms with Gasteiger partial charge in [0.05, 0.1) is 11.7 Å². The van der Waals surface area contributed by atoms with Crippen LogP contribution in [0.4, 0.5) is 17.6 Å². The topological polar surface area (TPSA) is 46.2 Å². The first-order chi connectivity index (χ1) is 6.86. The number of alkyl halides is 3. The number of aliphatic hydroxyl groups excluding tert-OH is 1. The summed E-state index contributed by atoms with van der Waals surface area (Å²) in [6.45, 7) is -0.248. The summed E-state index contributed by atoms with van der Waals surface area (Å²) in [7, 11) is 0. The van der Waals surface area contributed by atoms with Crippen molar-refractivity contribution in [2.24, 2.45) is 5.73 Å². The van der Waals surface area contributed by atoms with Crippen molar-refractivity contribution >= 4 is 0 Å². The molecule has 1 aromatic carbocycles. The monoisotopic (exact) mass is 223 g/mol. The molecule has 1 atom stereocenters. The van der Waals surface area contributed by atoms with Crippen molar-refractivity contribution in [1.82, 2.24) is 0 Å². The molecule has 84 valence electrons. The van der Waals surface area contributed by atoms with Crippen LogP contribution in [0.5, 0.6) is 0 Å². The Morgan fingerprint density at radius 3 is 2.33 bits per heavy atom. The van der Waals surface area contributed by atoms with Crippen LogP contribution in [0.1, 0.15) is 17.2 Å². The molecule has 0 spiro atoms. The molecular formula is C9H9F4NO. The number of halogens is 4. The average molecular weight is 223 g/mol. The van der Waals surface area contributed by atoms with Gasteiger partial charge in [-0.2, -0.15) is 13.2 Å². The van der Waals surface area contributed by atoms with Crippen molar-refractivity contribution in [3.05, 3.63) is 35.1 Å². The van der Waals surface area contributed by atoms with Crippen molar-refractivity contribution in [2.75, 3.05) is 6.54 Å². The molecule has 0 fully saturated rings. The Kier molecular flexibility index (Phi) is 3.31. The van der Waals surface area contributed by atoms with Gasteiger partial charge in [-0.05, 0) is 12.1 Å². The maximum atomic E-state index is 13.1. The van der Waals surface area contributed by atoms with Crippen LogP contribution in [0.15, 0.2) is 18.2 Å². The van der Waals surface area contributed by atoms with Gasteiger partial charge in [-0.3, -0.25) is 0 Å². The molecule has 2 nitrogen and oxygen atoms in total. The fourth-order valence-corrected chi connectivity index (χ4v) is 1.10. The average Bonchev–Trinajstić information content (AvgIpc) is 2.15. The highest BCUT2D eigenvalue weighted by Gasteiger charge is 2.31. The van der Waals surface area contributed by atoms with E-state index in [9.17, 15) is 17.6 Å². The Morgan fingerprint density at radius 1 is 1.33 bits per heavy atom. The zero-order chi connectivity index (χ0) is 11.6. The van der Waals surface area contributed by atoms with Crippen molar-refractivity contribution in [1.29, 1.82) is 0 Å². The van der Waals surface area contributed by atoms with Gasteiger partial charge in [0.1, 0.15) is 5.82 Å². The van der Waals surface area contributed by atoms with Crippen LogP contribution < -0.4 is 5.73 Å². The summed E-state index contributed by atoms with van der Waals surface area (Å²) in [6, 6.07) is 1.93. The predicted molar refractivity (Wildman–Crippen MR) is 45.4 cm³/mol. The molecule has 0 radical (unpaired) electrons. The van der Waals surface area contributed by atoms with E-state index in [1.807, 2.05) is 0 Å². The molecule has 1 unspecified atom stereocenters. The summed E-state index contributed by atoms with van der Waals surface area (Å²) in [6.07, 6.45) is -5.88. The number of rotatable bonds is 2. The van der Waals surface area contributed by atoms with Gasteiger partial charge in [0, 0.05) is 12.1 Å². The van der Waals surface area contributed by atoms with Gasteiger partial charge >= 0.3 is 6.18 Å². The number of hydrogen-bond donors (Lipinski definition) is 2. The lowest BCUT2D eigenvalue weighted by Gasteiger charge is -2.12. The van der Waals surface area contributed by atoms with Crippen LogP contribution in [-0.4, -0.2) is 11.7 Å². The van der Waals surface area contributed by atoms with E-state index in [1.54, 1.807) is 0 Å². The van der Waals surface area contributed by atoms with Gasteiger partial charge in [-0.15, -0.1) is 0 Å². The summed E-state index contributed by atoms with van der Waals surface area (Å²) in [4.78, 5) is 0. The van der Waals surface area contributed by atoms with E-state index in [4.69, 9.17) is 10.8 Å². The van der Waals surface area contributed by atoms with Crippen molar-refractivity contribution < 1.29 is 22.7 Å². The summed E-state index contributed by atoms with van der Waals surface area (Å²) in [5.74, 6) is -1.11. The number of hydrogen-bond acceptors (Lipinski definition) is 2. The lowest BCUT2D eigenvalue weighted by Crippen LogP contribution is -2.14. The van der Waals surface area contributed by atoms with Gasteiger partial charge in [-0.1, -0.05) is 6.07 Å². The van der Waals surface area contributed by atoms with Gasteiger partial charge in [0.25, 0.3) is 0 Å².